The van der Waals surface area contributed by atoms with Crippen LogP contribution in [0.5, 0.6) is 0 Å². The standard InChI is InChI=1S/C38H37Cl2FN2O4/c1-38(2,3)19-32-34(29-17-16-24(40)18-31(29)41)33(22-12-14-23(39)15-13-22)35(36(44)45)43(32)21-42-37(46)47-20-30-27-10-6-4-8-25(27)26-9-5-7-11-28(26)30/h4-18,30,32-35H,19-21H2,1-3H3,(H,42,46)(H,44,45). The summed E-state index contributed by atoms with van der Waals surface area (Å²) in [4.78, 5) is 28.2. The molecule has 9 heteroatoms. The second-order valence-corrected chi connectivity index (χ2v) is 14.4. The second-order valence-electron chi connectivity index (χ2n) is 13.6. The first-order chi connectivity index (χ1) is 22.4. The van der Waals surface area contributed by atoms with Crippen LogP contribution in [-0.4, -0.2) is 47.4 Å². The third-order valence-corrected chi connectivity index (χ3v) is 9.81. The molecule has 2 N–H and O–H groups in total. The van der Waals surface area contributed by atoms with Crippen LogP contribution < -0.4 is 5.32 Å². The SMILES string of the molecule is CC(C)(C)CC1C(c2ccc(Cl)cc2F)C(c2ccc(Cl)cc2)C(C(=O)O)N1CNC(=O)OCC1c2ccccc2-c2ccccc21. The van der Waals surface area contributed by atoms with Crippen LogP contribution in [0.25, 0.3) is 11.1 Å². The average Bonchev–Trinajstić information content (AvgIpc) is 3.51. The lowest BCUT2D eigenvalue weighted by Crippen LogP contribution is -2.49. The molecule has 1 amide bonds. The number of amides is 1. The van der Waals surface area contributed by atoms with Gasteiger partial charge in [-0.25, -0.2) is 9.18 Å². The number of ether oxygens (including phenoxy) is 1. The number of carbonyl (C=O) groups is 2. The zero-order chi connectivity index (χ0) is 33.5. The van der Waals surface area contributed by atoms with E-state index >= 15 is 4.39 Å². The summed E-state index contributed by atoms with van der Waals surface area (Å²) in [6.07, 6.45) is -0.130. The number of hydrogen-bond donors (Lipinski definition) is 2. The van der Waals surface area contributed by atoms with Crippen LogP contribution in [-0.2, 0) is 9.53 Å². The van der Waals surface area contributed by atoms with E-state index in [0.717, 1.165) is 22.3 Å². The van der Waals surface area contributed by atoms with Crippen LogP contribution in [0.3, 0.4) is 0 Å². The molecule has 4 aromatic carbocycles. The molecular formula is C38H37Cl2FN2O4. The van der Waals surface area contributed by atoms with Gasteiger partial charge in [-0.3, -0.25) is 9.69 Å². The van der Waals surface area contributed by atoms with Crippen molar-refractivity contribution in [3.63, 3.8) is 0 Å². The molecular weight excluding hydrogens is 638 g/mol. The summed E-state index contributed by atoms with van der Waals surface area (Å²) in [6, 6.07) is 26.2. The van der Waals surface area contributed by atoms with Gasteiger partial charge in [0.1, 0.15) is 18.5 Å². The normalized spacial score (nSPS) is 20.9. The van der Waals surface area contributed by atoms with E-state index in [9.17, 15) is 14.7 Å². The molecule has 0 saturated carbocycles. The number of carbonyl (C=O) groups excluding carboxylic acids is 1. The first-order valence-electron chi connectivity index (χ1n) is 15.7. The highest BCUT2D eigenvalue weighted by Gasteiger charge is 2.54. The predicted molar refractivity (Wildman–Crippen MR) is 183 cm³/mol. The van der Waals surface area contributed by atoms with Gasteiger partial charge in [0.05, 0.1) is 6.67 Å². The van der Waals surface area contributed by atoms with Crippen molar-refractivity contribution < 1.29 is 23.8 Å². The monoisotopic (exact) mass is 674 g/mol. The third-order valence-electron chi connectivity index (χ3n) is 9.33. The van der Waals surface area contributed by atoms with Crippen molar-refractivity contribution in [2.45, 2.75) is 57.0 Å². The summed E-state index contributed by atoms with van der Waals surface area (Å²) in [5.74, 6) is -2.92. The lowest BCUT2D eigenvalue weighted by Gasteiger charge is -2.34. The van der Waals surface area contributed by atoms with Crippen molar-refractivity contribution in [2.75, 3.05) is 13.3 Å². The van der Waals surface area contributed by atoms with Crippen LogP contribution in [0, 0.1) is 11.2 Å². The maximum absolute atomic E-state index is 15.7. The molecule has 0 bridgehead atoms. The highest BCUT2D eigenvalue weighted by molar-refractivity contribution is 6.30. The molecule has 0 spiro atoms. The lowest BCUT2D eigenvalue weighted by atomic mass is 9.74. The number of aliphatic carboxylic acids is 1. The quantitative estimate of drug-likeness (QED) is 0.195. The van der Waals surface area contributed by atoms with E-state index in [0.29, 0.717) is 22.6 Å². The molecule has 4 atom stereocenters. The fourth-order valence-corrected chi connectivity index (χ4v) is 7.77. The molecule has 47 heavy (non-hydrogen) atoms. The van der Waals surface area contributed by atoms with Crippen LogP contribution >= 0.6 is 23.2 Å². The van der Waals surface area contributed by atoms with Gasteiger partial charge in [-0.05, 0) is 69.5 Å². The molecule has 4 unspecified atom stereocenters. The molecule has 1 aliphatic heterocycles. The summed E-state index contributed by atoms with van der Waals surface area (Å²) in [6.45, 7) is 6.20. The van der Waals surface area contributed by atoms with Gasteiger partial charge in [-0.2, -0.15) is 0 Å². The number of benzene rings is 4. The highest BCUT2D eigenvalue weighted by Crippen LogP contribution is 2.52. The van der Waals surface area contributed by atoms with Crippen molar-refractivity contribution in [1.82, 2.24) is 10.2 Å². The number of hydrogen-bond acceptors (Lipinski definition) is 4. The number of carboxylic acid groups (broad SMARTS) is 1. The maximum atomic E-state index is 15.7. The molecule has 4 aromatic rings. The van der Waals surface area contributed by atoms with Crippen LogP contribution in [0.15, 0.2) is 91.0 Å². The Balaban J connectivity index is 1.30. The third kappa shape index (κ3) is 6.75. The van der Waals surface area contributed by atoms with E-state index in [1.165, 1.54) is 6.07 Å². The Labute approximate surface area is 284 Å². The van der Waals surface area contributed by atoms with Gasteiger partial charge in [-0.1, -0.05) is 111 Å². The number of halogens is 3. The van der Waals surface area contributed by atoms with Gasteiger partial charge >= 0.3 is 12.1 Å². The molecule has 1 saturated heterocycles. The Bertz CT molecular complexity index is 1750. The number of rotatable bonds is 8. The molecule has 0 radical (unpaired) electrons. The summed E-state index contributed by atoms with van der Waals surface area (Å²) < 4.78 is 21.5. The van der Waals surface area contributed by atoms with E-state index in [2.05, 4.69) is 38.2 Å². The minimum atomic E-state index is -1.09. The Morgan fingerprint density at radius 2 is 1.45 bits per heavy atom. The van der Waals surface area contributed by atoms with Crippen LogP contribution in [0.1, 0.15) is 67.2 Å². The van der Waals surface area contributed by atoms with Crippen molar-refractivity contribution in [3.8, 4) is 11.1 Å². The highest BCUT2D eigenvalue weighted by atomic mass is 35.5. The van der Waals surface area contributed by atoms with Crippen molar-refractivity contribution in [2.24, 2.45) is 5.41 Å². The van der Waals surface area contributed by atoms with Crippen molar-refractivity contribution in [1.29, 1.82) is 0 Å². The van der Waals surface area contributed by atoms with E-state index in [-0.39, 0.29) is 29.6 Å². The van der Waals surface area contributed by atoms with Gasteiger partial charge < -0.3 is 15.2 Å². The topological polar surface area (TPSA) is 78.9 Å². The zero-order valence-corrected chi connectivity index (χ0v) is 27.9. The van der Waals surface area contributed by atoms with Crippen molar-refractivity contribution >= 4 is 35.3 Å². The Morgan fingerprint density at radius 1 is 0.851 bits per heavy atom. The number of nitrogens with one attached hydrogen (secondary N) is 1. The number of alkyl carbamates (subject to hydrolysis) is 1. The molecule has 244 valence electrons. The first kappa shape index (κ1) is 33.0. The van der Waals surface area contributed by atoms with Crippen LogP contribution in [0.2, 0.25) is 10.0 Å². The Hall–Kier alpha value is -3.91. The summed E-state index contributed by atoms with van der Waals surface area (Å²) in [5, 5.41) is 14.3. The molecule has 1 heterocycles. The Morgan fingerprint density at radius 3 is 2.02 bits per heavy atom. The molecule has 6 nitrogen and oxygen atoms in total. The molecule has 1 aliphatic carbocycles. The molecule has 6 rings (SSSR count). The minimum absolute atomic E-state index is 0.107. The number of nitrogens with zero attached hydrogens (tertiary/aromatic N) is 1. The summed E-state index contributed by atoms with van der Waals surface area (Å²) in [7, 11) is 0. The van der Waals surface area contributed by atoms with Crippen LogP contribution in [0.4, 0.5) is 9.18 Å². The van der Waals surface area contributed by atoms with E-state index < -0.39 is 41.8 Å². The lowest BCUT2D eigenvalue weighted by molar-refractivity contribution is -0.143. The van der Waals surface area contributed by atoms with Gasteiger partial charge in [0, 0.05) is 33.8 Å². The maximum Gasteiger partial charge on any atom is 0.408 e. The van der Waals surface area contributed by atoms with Gasteiger partial charge in [0.25, 0.3) is 0 Å². The largest absolute Gasteiger partial charge is 0.480 e. The summed E-state index contributed by atoms with van der Waals surface area (Å²) >= 11 is 12.4. The fraction of sp³-hybridized carbons (Fsp3) is 0.316. The van der Waals surface area contributed by atoms with Gasteiger partial charge in [0.15, 0.2) is 0 Å². The van der Waals surface area contributed by atoms with Gasteiger partial charge in [-0.15, -0.1) is 0 Å². The first-order valence-corrected chi connectivity index (χ1v) is 16.5. The zero-order valence-electron chi connectivity index (χ0n) is 26.4. The average molecular weight is 676 g/mol. The number of likely N-dealkylation sites (tertiary alicyclic amines) is 1. The molecule has 1 fully saturated rings. The van der Waals surface area contributed by atoms with Crippen molar-refractivity contribution in [3.05, 3.63) is 129 Å². The second kappa shape index (κ2) is 13.3. The number of carboxylic acids is 1. The summed E-state index contributed by atoms with van der Waals surface area (Å²) in [5.41, 5.74) is 5.26. The molecule has 0 aromatic heterocycles. The van der Waals surface area contributed by atoms with E-state index in [1.54, 1.807) is 41.3 Å². The Kier molecular flexibility index (Phi) is 9.34. The smallest absolute Gasteiger partial charge is 0.408 e. The molecule has 2 aliphatic rings. The number of fused-ring (bicyclic) bond motifs is 3. The van der Waals surface area contributed by atoms with E-state index in [1.807, 2.05) is 36.4 Å². The minimum Gasteiger partial charge on any atom is -0.480 e. The fourth-order valence-electron chi connectivity index (χ4n) is 7.49. The van der Waals surface area contributed by atoms with Gasteiger partial charge in [0.2, 0.25) is 0 Å². The predicted octanol–water partition coefficient (Wildman–Crippen LogP) is 9.07. The van der Waals surface area contributed by atoms with E-state index in [4.69, 9.17) is 27.9 Å².